The number of rotatable bonds is 2. The first-order valence-electron chi connectivity index (χ1n) is 10.6. The summed E-state index contributed by atoms with van der Waals surface area (Å²) in [5.74, 6) is 4.47. The number of pyridine rings is 1. The Balaban J connectivity index is 1.48. The van der Waals surface area contributed by atoms with Gasteiger partial charge in [0.2, 0.25) is 0 Å². The van der Waals surface area contributed by atoms with E-state index in [4.69, 9.17) is 11.6 Å². The van der Waals surface area contributed by atoms with Crippen molar-refractivity contribution in [1.82, 2.24) is 15.8 Å². The summed E-state index contributed by atoms with van der Waals surface area (Å²) in [6, 6.07) is 17.1. The topological polar surface area (TPSA) is 71.1 Å². The summed E-state index contributed by atoms with van der Waals surface area (Å²) < 4.78 is 39.1. The number of aryl methyl sites for hydroxylation is 1. The molecule has 3 aromatic carbocycles. The lowest BCUT2D eigenvalue weighted by Crippen LogP contribution is -2.41. The van der Waals surface area contributed by atoms with Crippen LogP contribution in [0.5, 0.6) is 0 Å². The number of hydrogen-bond donors (Lipinski definition) is 2. The molecule has 0 unspecified atom stereocenters. The van der Waals surface area contributed by atoms with Gasteiger partial charge in [0.25, 0.3) is 11.8 Å². The Morgan fingerprint density at radius 1 is 0.889 bits per heavy atom. The van der Waals surface area contributed by atoms with E-state index < -0.39 is 28.6 Å². The summed E-state index contributed by atoms with van der Waals surface area (Å²) in [7, 11) is 0. The molecule has 5 nitrogen and oxygen atoms in total. The van der Waals surface area contributed by atoms with E-state index in [1.54, 1.807) is 24.4 Å². The number of nitrogens with zero attached hydrogens (tertiary/aromatic N) is 1. The highest BCUT2D eigenvalue weighted by Gasteiger charge is 2.33. The standard InChI is InChI=1S/C27H17ClF3N3O2/c1-16-6-8-20(13-18(16)9-7-17-12-19-4-2-3-5-24(19)32-15-17)25(35)33-34-26(36)21-10-11-23(28)22(14-21)27(29,30)31/h2-6,8,10-15H,1H3,(H,33,35)(H,34,36). The molecule has 1 heterocycles. The Labute approximate surface area is 209 Å². The number of alkyl halides is 3. The summed E-state index contributed by atoms with van der Waals surface area (Å²) in [6.45, 7) is 1.84. The van der Waals surface area contributed by atoms with Crippen LogP contribution in [-0.2, 0) is 6.18 Å². The highest BCUT2D eigenvalue weighted by molar-refractivity contribution is 6.31. The molecule has 2 amide bonds. The van der Waals surface area contributed by atoms with E-state index in [2.05, 4.69) is 27.7 Å². The molecule has 0 aliphatic heterocycles. The van der Waals surface area contributed by atoms with Crippen LogP contribution in [0.15, 0.2) is 72.9 Å². The van der Waals surface area contributed by atoms with Gasteiger partial charge in [-0.1, -0.05) is 47.7 Å². The minimum atomic E-state index is -4.72. The fourth-order valence-electron chi connectivity index (χ4n) is 3.32. The molecule has 36 heavy (non-hydrogen) atoms. The molecule has 0 aliphatic carbocycles. The van der Waals surface area contributed by atoms with Crippen molar-refractivity contribution in [1.29, 1.82) is 0 Å². The molecule has 0 saturated carbocycles. The maximum absolute atomic E-state index is 13.0. The minimum Gasteiger partial charge on any atom is -0.267 e. The third-order valence-electron chi connectivity index (χ3n) is 5.26. The first-order chi connectivity index (χ1) is 17.1. The van der Waals surface area contributed by atoms with Crippen LogP contribution in [-0.4, -0.2) is 16.8 Å². The zero-order chi connectivity index (χ0) is 25.9. The summed E-state index contributed by atoms with van der Waals surface area (Å²) in [5.41, 5.74) is 6.04. The maximum Gasteiger partial charge on any atom is 0.417 e. The van der Waals surface area contributed by atoms with Crippen LogP contribution in [0.4, 0.5) is 13.2 Å². The summed E-state index contributed by atoms with van der Waals surface area (Å²) in [6.07, 6.45) is -3.06. The molecular formula is C27H17ClF3N3O2. The van der Waals surface area contributed by atoms with Gasteiger partial charge in [0.05, 0.1) is 16.1 Å². The van der Waals surface area contributed by atoms with Crippen molar-refractivity contribution in [3.8, 4) is 11.8 Å². The maximum atomic E-state index is 13.0. The van der Waals surface area contributed by atoms with Crippen LogP contribution < -0.4 is 10.9 Å². The van der Waals surface area contributed by atoms with Gasteiger partial charge in [0.1, 0.15) is 0 Å². The molecule has 0 fully saturated rings. The van der Waals surface area contributed by atoms with Crippen LogP contribution in [0, 0.1) is 18.8 Å². The second-order valence-corrected chi connectivity index (χ2v) is 8.20. The van der Waals surface area contributed by atoms with Gasteiger partial charge in [-0.25, -0.2) is 0 Å². The van der Waals surface area contributed by atoms with Crippen molar-refractivity contribution in [3.05, 3.63) is 111 Å². The van der Waals surface area contributed by atoms with Crippen molar-refractivity contribution < 1.29 is 22.8 Å². The molecule has 0 aliphatic rings. The lowest BCUT2D eigenvalue weighted by molar-refractivity contribution is -0.137. The normalized spacial score (nSPS) is 10.9. The zero-order valence-corrected chi connectivity index (χ0v) is 19.5. The van der Waals surface area contributed by atoms with E-state index in [9.17, 15) is 22.8 Å². The fourth-order valence-corrected chi connectivity index (χ4v) is 3.54. The predicted molar refractivity (Wildman–Crippen MR) is 130 cm³/mol. The SMILES string of the molecule is Cc1ccc(C(=O)NNC(=O)c2ccc(Cl)c(C(F)(F)F)c2)cc1C#Cc1cnc2ccccc2c1. The average Bonchev–Trinajstić information content (AvgIpc) is 2.86. The van der Waals surface area contributed by atoms with Crippen molar-refractivity contribution >= 4 is 34.3 Å². The average molecular weight is 508 g/mol. The van der Waals surface area contributed by atoms with Crippen LogP contribution in [0.2, 0.25) is 5.02 Å². The number of fused-ring (bicyclic) bond motifs is 1. The van der Waals surface area contributed by atoms with Gasteiger partial charge in [-0.15, -0.1) is 0 Å². The van der Waals surface area contributed by atoms with Gasteiger partial charge < -0.3 is 0 Å². The van der Waals surface area contributed by atoms with E-state index in [0.717, 1.165) is 28.6 Å². The van der Waals surface area contributed by atoms with Gasteiger partial charge >= 0.3 is 6.18 Å². The van der Waals surface area contributed by atoms with E-state index in [-0.39, 0.29) is 11.1 Å². The molecule has 0 atom stereocenters. The molecule has 180 valence electrons. The molecule has 4 rings (SSSR count). The van der Waals surface area contributed by atoms with Crippen molar-refractivity contribution in [2.45, 2.75) is 13.1 Å². The lowest BCUT2D eigenvalue weighted by Gasteiger charge is -2.12. The fraction of sp³-hybridized carbons (Fsp3) is 0.0741. The van der Waals surface area contributed by atoms with E-state index >= 15 is 0 Å². The summed E-state index contributed by atoms with van der Waals surface area (Å²) in [5, 5.41) is 0.420. The Kier molecular flexibility index (Phi) is 6.95. The Morgan fingerprint density at radius 2 is 1.56 bits per heavy atom. The van der Waals surface area contributed by atoms with Crippen molar-refractivity contribution in [2.75, 3.05) is 0 Å². The monoisotopic (exact) mass is 507 g/mol. The van der Waals surface area contributed by atoms with Gasteiger partial charge in [0.15, 0.2) is 0 Å². The molecule has 9 heteroatoms. The number of amides is 2. The second-order valence-electron chi connectivity index (χ2n) is 7.80. The number of hydrogen-bond acceptors (Lipinski definition) is 3. The molecular weight excluding hydrogens is 491 g/mol. The number of halogens is 4. The summed E-state index contributed by atoms with van der Waals surface area (Å²) in [4.78, 5) is 29.2. The quantitative estimate of drug-likeness (QED) is 0.270. The molecule has 1 aromatic heterocycles. The number of benzene rings is 3. The Morgan fingerprint density at radius 3 is 2.28 bits per heavy atom. The second kappa shape index (κ2) is 10.1. The van der Waals surface area contributed by atoms with Crippen molar-refractivity contribution in [3.63, 3.8) is 0 Å². The summed E-state index contributed by atoms with van der Waals surface area (Å²) >= 11 is 5.58. The molecule has 0 spiro atoms. The van der Waals surface area contributed by atoms with E-state index in [1.165, 1.54) is 0 Å². The number of carbonyl (C=O) groups excluding carboxylic acids is 2. The Hall–Kier alpha value is -4.35. The van der Waals surface area contributed by atoms with Crippen LogP contribution in [0.1, 0.15) is 43.0 Å². The highest BCUT2D eigenvalue weighted by Crippen LogP contribution is 2.35. The number of nitrogens with one attached hydrogen (secondary N) is 2. The number of hydrazine groups is 1. The molecule has 0 bridgehead atoms. The highest BCUT2D eigenvalue weighted by atomic mass is 35.5. The van der Waals surface area contributed by atoms with Gasteiger partial charge in [-0.3, -0.25) is 25.4 Å². The predicted octanol–water partition coefficient (Wildman–Crippen LogP) is 5.69. The van der Waals surface area contributed by atoms with Crippen LogP contribution in [0.3, 0.4) is 0 Å². The van der Waals surface area contributed by atoms with Gasteiger partial charge in [-0.05, 0) is 55.0 Å². The number of aromatic nitrogens is 1. The van der Waals surface area contributed by atoms with Crippen molar-refractivity contribution in [2.24, 2.45) is 0 Å². The van der Waals surface area contributed by atoms with Crippen LogP contribution >= 0.6 is 11.6 Å². The number of carbonyl (C=O) groups is 2. The number of para-hydroxylation sites is 1. The van der Waals surface area contributed by atoms with Gasteiger partial charge in [-0.2, -0.15) is 13.2 Å². The van der Waals surface area contributed by atoms with E-state index in [1.807, 2.05) is 37.3 Å². The van der Waals surface area contributed by atoms with Gasteiger partial charge in [0, 0.05) is 33.8 Å². The minimum absolute atomic E-state index is 0.203. The third-order valence-corrected chi connectivity index (χ3v) is 5.58. The van der Waals surface area contributed by atoms with E-state index in [0.29, 0.717) is 17.2 Å². The first-order valence-corrected chi connectivity index (χ1v) is 10.9. The molecule has 0 saturated heterocycles. The zero-order valence-electron chi connectivity index (χ0n) is 18.7. The Bertz CT molecular complexity index is 1560. The molecule has 4 aromatic rings. The van der Waals surface area contributed by atoms with Crippen LogP contribution in [0.25, 0.3) is 10.9 Å². The largest absolute Gasteiger partial charge is 0.417 e. The first kappa shape index (κ1) is 24.8. The smallest absolute Gasteiger partial charge is 0.267 e. The molecule has 2 N–H and O–H groups in total. The third kappa shape index (κ3) is 5.65. The lowest BCUT2D eigenvalue weighted by atomic mass is 10.0. The molecule has 0 radical (unpaired) electrons.